The zero-order chi connectivity index (χ0) is 10.7. The van der Waals surface area contributed by atoms with Gasteiger partial charge >= 0.3 is 5.97 Å². The predicted molar refractivity (Wildman–Crippen MR) is 44.6 cm³/mol. The van der Waals surface area contributed by atoms with Gasteiger partial charge in [-0.2, -0.15) is 4.39 Å². The van der Waals surface area contributed by atoms with Gasteiger partial charge in [0.05, 0.1) is 6.61 Å². The summed E-state index contributed by atoms with van der Waals surface area (Å²) in [6.45, 7) is 1.66. The number of carbonyl (C=O) groups is 1. The summed E-state index contributed by atoms with van der Waals surface area (Å²) in [5.41, 5.74) is -1.49. The molecular weight excluding hydrogens is 193 g/mol. The fourth-order valence-corrected chi connectivity index (χ4v) is 0.860. The van der Waals surface area contributed by atoms with Gasteiger partial charge < -0.3 is 14.8 Å². The lowest BCUT2D eigenvalue weighted by molar-refractivity contribution is 0.0521. The molecule has 0 saturated heterocycles. The molecule has 1 aromatic rings. The third-order valence-electron chi connectivity index (χ3n) is 1.51. The van der Waals surface area contributed by atoms with Gasteiger partial charge in [-0.15, -0.1) is 0 Å². The standard InChI is InChI=1S/C8H8FNO4/c1-2-14-8(13)4-3-10-7(12)5(9)6(4)11/h3H,2H2,1H3,(H2,10,11,12). The van der Waals surface area contributed by atoms with E-state index in [1.54, 1.807) is 6.92 Å². The van der Waals surface area contributed by atoms with Gasteiger partial charge in [0.15, 0.2) is 5.75 Å². The first kappa shape index (κ1) is 10.2. The number of carbonyl (C=O) groups excluding carboxylic acids is 1. The quantitative estimate of drug-likeness (QED) is 0.678. The van der Waals surface area contributed by atoms with Crippen LogP contribution in [-0.4, -0.2) is 22.7 Å². The fraction of sp³-hybridized carbons (Fsp3) is 0.250. The van der Waals surface area contributed by atoms with Gasteiger partial charge in [-0.1, -0.05) is 0 Å². The monoisotopic (exact) mass is 201 g/mol. The molecule has 0 aromatic carbocycles. The summed E-state index contributed by atoms with van der Waals surface area (Å²) in [4.78, 5) is 23.6. The van der Waals surface area contributed by atoms with Crippen molar-refractivity contribution in [2.24, 2.45) is 0 Å². The van der Waals surface area contributed by atoms with Crippen molar-refractivity contribution < 1.29 is 19.0 Å². The summed E-state index contributed by atoms with van der Waals surface area (Å²) in [5.74, 6) is -3.28. The Morgan fingerprint density at radius 1 is 1.71 bits per heavy atom. The summed E-state index contributed by atoms with van der Waals surface area (Å²) < 4.78 is 17.3. The van der Waals surface area contributed by atoms with E-state index in [2.05, 4.69) is 4.74 Å². The van der Waals surface area contributed by atoms with E-state index in [9.17, 15) is 14.0 Å². The molecule has 0 aliphatic heterocycles. The minimum absolute atomic E-state index is 0.0962. The molecule has 1 rings (SSSR count). The first-order valence-corrected chi connectivity index (χ1v) is 3.85. The van der Waals surface area contributed by atoms with Crippen molar-refractivity contribution in [2.45, 2.75) is 6.92 Å². The number of halogens is 1. The number of hydrogen-bond donors (Lipinski definition) is 2. The Kier molecular flexibility index (Phi) is 2.85. The molecule has 0 radical (unpaired) electrons. The second-order valence-corrected chi connectivity index (χ2v) is 2.41. The van der Waals surface area contributed by atoms with Crippen molar-refractivity contribution in [1.29, 1.82) is 0 Å². The van der Waals surface area contributed by atoms with E-state index in [1.165, 1.54) is 0 Å². The van der Waals surface area contributed by atoms with Crippen LogP contribution in [0, 0.1) is 5.82 Å². The van der Waals surface area contributed by atoms with Crippen molar-refractivity contribution >= 4 is 5.97 Å². The fourth-order valence-electron chi connectivity index (χ4n) is 0.860. The van der Waals surface area contributed by atoms with Crippen LogP contribution in [0.15, 0.2) is 11.0 Å². The minimum atomic E-state index is -1.39. The van der Waals surface area contributed by atoms with E-state index in [4.69, 9.17) is 5.11 Å². The third kappa shape index (κ3) is 1.73. The van der Waals surface area contributed by atoms with Gasteiger partial charge in [0.1, 0.15) is 5.56 Å². The van der Waals surface area contributed by atoms with Crippen LogP contribution in [0.2, 0.25) is 0 Å². The number of aromatic amines is 1. The second kappa shape index (κ2) is 3.91. The van der Waals surface area contributed by atoms with Crippen LogP contribution in [0.3, 0.4) is 0 Å². The van der Waals surface area contributed by atoms with Crippen LogP contribution >= 0.6 is 0 Å². The Hall–Kier alpha value is -1.85. The van der Waals surface area contributed by atoms with Crippen LogP contribution in [0.5, 0.6) is 5.75 Å². The molecule has 6 heteroatoms. The van der Waals surface area contributed by atoms with E-state index in [-0.39, 0.29) is 6.61 Å². The van der Waals surface area contributed by atoms with Gasteiger partial charge in [-0.3, -0.25) is 4.79 Å². The van der Waals surface area contributed by atoms with Crippen molar-refractivity contribution in [3.63, 3.8) is 0 Å². The van der Waals surface area contributed by atoms with Crippen molar-refractivity contribution in [3.8, 4) is 5.75 Å². The Labute approximate surface area is 78.1 Å². The third-order valence-corrected chi connectivity index (χ3v) is 1.51. The van der Waals surface area contributed by atoms with E-state index >= 15 is 0 Å². The Bertz CT molecular complexity index is 412. The number of H-pyrrole nitrogens is 1. The number of nitrogens with one attached hydrogen (secondary N) is 1. The SMILES string of the molecule is CCOC(=O)c1c[nH]c(=O)c(F)c1O. The molecular formula is C8H8FNO4. The average molecular weight is 201 g/mol. The number of aromatic hydroxyl groups is 1. The Balaban J connectivity index is 3.18. The summed E-state index contributed by atoms with van der Waals surface area (Å²) >= 11 is 0. The lowest BCUT2D eigenvalue weighted by Crippen LogP contribution is -2.15. The highest BCUT2D eigenvalue weighted by atomic mass is 19.1. The number of pyridine rings is 1. The zero-order valence-electron chi connectivity index (χ0n) is 7.33. The Morgan fingerprint density at radius 3 is 2.93 bits per heavy atom. The van der Waals surface area contributed by atoms with Crippen LogP contribution in [0.25, 0.3) is 0 Å². The maximum absolute atomic E-state index is 12.8. The topological polar surface area (TPSA) is 79.4 Å². The van der Waals surface area contributed by atoms with Gasteiger partial charge in [-0.05, 0) is 6.92 Å². The molecule has 1 heterocycles. The lowest BCUT2D eigenvalue weighted by atomic mass is 10.2. The smallest absolute Gasteiger partial charge is 0.343 e. The highest BCUT2D eigenvalue weighted by molar-refractivity contribution is 5.91. The Morgan fingerprint density at radius 2 is 2.36 bits per heavy atom. The van der Waals surface area contributed by atoms with Crippen LogP contribution < -0.4 is 5.56 Å². The number of rotatable bonds is 2. The number of hydrogen-bond acceptors (Lipinski definition) is 4. The van der Waals surface area contributed by atoms with Crippen LogP contribution in [0.4, 0.5) is 4.39 Å². The van der Waals surface area contributed by atoms with E-state index in [1.807, 2.05) is 4.98 Å². The molecule has 5 nitrogen and oxygen atoms in total. The molecule has 0 saturated carbocycles. The number of esters is 1. The van der Waals surface area contributed by atoms with Crippen LogP contribution in [-0.2, 0) is 4.74 Å². The molecule has 0 spiro atoms. The van der Waals surface area contributed by atoms with E-state index in [0.717, 1.165) is 6.20 Å². The molecule has 0 aliphatic carbocycles. The predicted octanol–water partition coefficient (Wildman–Crippen LogP) is 0.396. The summed E-state index contributed by atoms with van der Waals surface area (Å²) in [6, 6.07) is 0. The lowest BCUT2D eigenvalue weighted by Gasteiger charge is -2.03. The molecule has 14 heavy (non-hydrogen) atoms. The molecule has 0 amide bonds. The van der Waals surface area contributed by atoms with Crippen molar-refractivity contribution in [3.05, 3.63) is 27.9 Å². The van der Waals surface area contributed by atoms with E-state index < -0.39 is 28.7 Å². The summed E-state index contributed by atoms with van der Waals surface area (Å²) in [5, 5.41) is 9.08. The largest absolute Gasteiger partial charge is 0.504 e. The first-order chi connectivity index (χ1) is 6.57. The molecule has 0 atom stereocenters. The summed E-state index contributed by atoms with van der Waals surface area (Å²) in [7, 11) is 0. The summed E-state index contributed by atoms with van der Waals surface area (Å²) in [6.07, 6.45) is 0.902. The van der Waals surface area contributed by atoms with Gasteiger partial charge in [0, 0.05) is 6.20 Å². The average Bonchev–Trinajstić information content (AvgIpc) is 2.15. The molecule has 1 aromatic heterocycles. The first-order valence-electron chi connectivity index (χ1n) is 3.85. The van der Waals surface area contributed by atoms with Gasteiger partial charge in [-0.25, -0.2) is 4.79 Å². The van der Waals surface area contributed by atoms with Gasteiger partial charge in [0.2, 0.25) is 5.82 Å². The molecule has 0 unspecified atom stereocenters. The second-order valence-electron chi connectivity index (χ2n) is 2.41. The normalized spacial score (nSPS) is 9.86. The van der Waals surface area contributed by atoms with E-state index in [0.29, 0.717) is 0 Å². The molecule has 2 N–H and O–H groups in total. The number of ether oxygens (including phenoxy) is 1. The van der Waals surface area contributed by atoms with Gasteiger partial charge in [0.25, 0.3) is 5.56 Å². The van der Waals surface area contributed by atoms with Crippen molar-refractivity contribution in [1.82, 2.24) is 4.98 Å². The maximum Gasteiger partial charge on any atom is 0.343 e. The molecule has 0 bridgehead atoms. The van der Waals surface area contributed by atoms with Crippen molar-refractivity contribution in [2.75, 3.05) is 6.61 Å². The highest BCUT2D eigenvalue weighted by Crippen LogP contribution is 2.17. The van der Waals surface area contributed by atoms with Crippen LogP contribution in [0.1, 0.15) is 17.3 Å². The minimum Gasteiger partial charge on any atom is -0.504 e. The molecule has 0 aliphatic rings. The molecule has 0 fully saturated rings. The maximum atomic E-state index is 12.8. The highest BCUT2D eigenvalue weighted by Gasteiger charge is 2.17. The zero-order valence-corrected chi connectivity index (χ0v) is 7.33. The number of aromatic nitrogens is 1. The molecule has 76 valence electrons.